The van der Waals surface area contributed by atoms with Crippen molar-refractivity contribution in [2.45, 2.75) is 43.6 Å². The number of hydrogen-bond acceptors (Lipinski definition) is 8. The lowest BCUT2D eigenvalue weighted by Crippen LogP contribution is -2.58. The van der Waals surface area contributed by atoms with E-state index in [1.54, 1.807) is 12.1 Å². The topological polar surface area (TPSA) is 132 Å². The lowest BCUT2D eigenvalue weighted by molar-refractivity contribution is -0.138. The van der Waals surface area contributed by atoms with Gasteiger partial charge in [0.15, 0.2) is 5.75 Å². The van der Waals surface area contributed by atoms with Gasteiger partial charge in [0.05, 0.1) is 25.6 Å². The smallest absolute Gasteiger partial charge is 0.420 e. The first kappa shape index (κ1) is 27.6. The Kier molecular flexibility index (Phi) is 8.19. The van der Waals surface area contributed by atoms with Crippen LogP contribution in [0.4, 0.5) is 18.0 Å². The maximum absolute atomic E-state index is 13.4. The predicted molar refractivity (Wildman–Crippen MR) is 130 cm³/mol. The van der Waals surface area contributed by atoms with Crippen LogP contribution >= 0.6 is 0 Å². The van der Waals surface area contributed by atoms with Crippen molar-refractivity contribution in [3.63, 3.8) is 0 Å². The first-order chi connectivity index (χ1) is 18.6. The number of carbonyl (C=O) groups excluding carboxylic acids is 2. The van der Waals surface area contributed by atoms with E-state index in [9.17, 15) is 27.9 Å². The fourth-order valence-corrected chi connectivity index (χ4v) is 4.16. The summed E-state index contributed by atoms with van der Waals surface area (Å²) in [6.07, 6.45) is -1.99. The van der Waals surface area contributed by atoms with Crippen molar-refractivity contribution in [1.82, 2.24) is 20.6 Å². The van der Waals surface area contributed by atoms with E-state index < -0.39 is 35.4 Å². The molecule has 0 radical (unpaired) electrons. The van der Waals surface area contributed by atoms with E-state index in [0.29, 0.717) is 12.0 Å². The molecule has 1 aliphatic carbocycles. The number of aliphatic hydroxyl groups is 1. The highest BCUT2D eigenvalue weighted by Crippen LogP contribution is 2.40. The number of methoxy groups -OCH3 is 1. The van der Waals surface area contributed by atoms with Gasteiger partial charge in [0.1, 0.15) is 34.7 Å². The van der Waals surface area contributed by atoms with Crippen LogP contribution in [0.5, 0.6) is 23.0 Å². The molecule has 13 heteroatoms. The van der Waals surface area contributed by atoms with Gasteiger partial charge in [0.25, 0.3) is 0 Å². The van der Waals surface area contributed by atoms with Gasteiger partial charge in [-0.3, -0.25) is 4.79 Å². The van der Waals surface area contributed by atoms with Crippen LogP contribution in [0.15, 0.2) is 61.2 Å². The summed E-state index contributed by atoms with van der Waals surface area (Å²) in [5.74, 6) is -0.612. The van der Waals surface area contributed by atoms with Crippen LogP contribution in [0.1, 0.15) is 30.4 Å². The molecule has 206 valence electrons. The predicted octanol–water partition coefficient (Wildman–Crippen LogP) is 3.98. The third-order valence-electron chi connectivity index (χ3n) is 6.11. The summed E-state index contributed by atoms with van der Waals surface area (Å²) in [6.45, 7) is 0.0521. The molecule has 39 heavy (non-hydrogen) atoms. The molecule has 1 aliphatic rings. The van der Waals surface area contributed by atoms with Crippen molar-refractivity contribution >= 4 is 12.0 Å². The van der Waals surface area contributed by atoms with Crippen molar-refractivity contribution in [3.05, 3.63) is 72.3 Å². The number of benzene rings is 2. The van der Waals surface area contributed by atoms with E-state index in [-0.39, 0.29) is 42.4 Å². The van der Waals surface area contributed by atoms with Crippen LogP contribution in [-0.2, 0) is 17.5 Å². The largest absolute Gasteiger partial charge is 0.497 e. The molecule has 2 unspecified atom stereocenters. The summed E-state index contributed by atoms with van der Waals surface area (Å²) in [4.78, 5) is 33.0. The number of aromatic nitrogens is 2. The van der Waals surface area contributed by atoms with Crippen LogP contribution in [0.25, 0.3) is 0 Å². The Bertz CT molecular complexity index is 1310. The second kappa shape index (κ2) is 11.6. The number of nitrogens with one attached hydrogen (secondary N) is 2. The molecule has 10 nitrogen and oxygen atoms in total. The Morgan fingerprint density at radius 2 is 1.77 bits per heavy atom. The van der Waals surface area contributed by atoms with Crippen molar-refractivity contribution in [1.29, 1.82) is 0 Å². The highest BCUT2D eigenvalue weighted by molar-refractivity contribution is 5.90. The number of alkyl halides is 3. The number of rotatable bonds is 8. The number of ether oxygens (including phenoxy) is 3. The first-order valence-electron chi connectivity index (χ1n) is 11.8. The highest BCUT2D eigenvalue weighted by atomic mass is 19.4. The molecule has 0 bridgehead atoms. The number of halogens is 3. The van der Waals surface area contributed by atoms with Gasteiger partial charge in [0.2, 0.25) is 5.91 Å². The summed E-state index contributed by atoms with van der Waals surface area (Å²) in [7, 11) is 1.27. The molecule has 4 rings (SSSR count). The van der Waals surface area contributed by atoms with Crippen molar-refractivity contribution in [2.75, 3.05) is 7.11 Å². The van der Waals surface area contributed by atoms with Gasteiger partial charge in [0, 0.05) is 13.0 Å². The molecular formula is C26H25F3N4O6. The first-order valence-corrected chi connectivity index (χ1v) is 11.8. The normalized spacial score (nSPS) is 18.7. The standard InChI is InChI=1S/C26H25F3N4O6/c1-37-19-6-7-22(21(10-19)26(27,28)29)38-18-4-2-16(3-5-18)12-32-23(35)25(9-8-17(34)11-25)33-24(36)39-20-13-30-15-31-14-20/h2-7,10,13-15,17,34H,8-9,11-12H2,1H3,(H,32,35)(H,33,36). The van der Waals surface area contributed by atoms with Crippen molar-refractivity contribution < 1.29 is 42.1 Å². The van der Waals surface area contributed by atoms with Crippen molar-refractivity contribution in [2.24, 2.45) is 0 Å². The van der Waals surface area contributed by atoms with Crippen molar-refractivity contribution in [3.8, 4) is 23.0 Å². The number of carbonyl (C=O) groups is 2. The minimum absolute atomic E-state index is 0.00456. The quantitative estimate of drug-likeness (QED) is 0.387. The fraction of sp³-hybridized carbons (Fsp3) is 0.308. The summed E-state index contributed by atoms with van der Waals surface area (Å²) in [6, 6.07) is 9.50. The summed E-state index contributed by atoms with van der Waals surface area (Å²) in [5, 5.41) is 15.4. The zero-order chi connectivity index (χ0) is 28.0. The molecule has 0 spiro atoms. The third-order valence-corrected chi connectivity index (χ3v) is 6.11. The fourth-order valence-electron chi connectivity index (χ4n) is 4.16. The molecular weight excluding hydrogens is 521 g/mol. The minimum atomic E-state index is -4.65. The number of amides is 2. The van der Waals surface area contributed by atoms with Crippen LogP contribution in [0, 0.1) is 0 Å². The molecule has 1 fully saturated rings. The maximum atomic E-state index is 13.4. The molecule has 3 aromatic rings. The average molecular weight is 547 g/mol. The van der Waals surface area contributed by atoms with Crippen LogP contribution in [-0.4, -0.2) is 45.8 Å². The van der Waals surface area contributed by atoms with E-state index in [0.717, 1.165) is 6.07 Å². The zero-order valence-corrected chi connectivity index (χ0v) is 20.7. The Hall–Kier alpha value is -4.39. The lowest BCUT2D eigenvalue weighted by atomic mass is 9.96. The van der Waals surface area contributed by atoms with Gasteiger partial charge in [-0.25, -0.2) is 14.8 Å². The Morgan fingerprint density at radius 3 is 2.38 bits per heavy atom. The molecule has 0 saturated heterocycles. The van der Waals surface area contributed by atoms with Gasteiger partial charge >= 0.3 is 12.3 Å². The minimum Gasteiger partial charge on any atom is -0.497 e. The molecule has 2 amide bonds. The summed E-state index contributed by atoms with van der Waals surface area (Å²) in [5.41, 5.74) is -1.75. The van der Waals surface area contributed by atoms with Gasteiger partial charge in [-0.15, -0.1) is 0 Å². The number of hydrogen-bond donors (Lipinski definition) is 3. The monoisotopic (exact) mass is 546 g/mol. The number of nitrogens with zero attached hydrogens (tertiary/aromatic N) is 2. The Labute approximate surface area is 221 Å². The average Bonchev–Trinajstić information content (AvgIpc) is 3.29. The van der Waals surface area contributed by atoms with Gasteiger partial charge in [-0.05, 0) is 48.7 Å². The Balaban J connectivity index is 1.39. The number of aliphatic hydroxyl groups excluding tert-OH is 1. The molecule has 1 heterocycles. The van der Waals surface area contributed by atoms with Gasteiger partial charge in [-0.2, -0.15) is 13.2 Å². The van der Waals surface area contributed by atoms with E-state index in [2.05, 4.69) is 20.6 Å². The molecule has 3 N–H and O–H groups in total. The third kappa shape index (κ3) is 6.93. The molecule has 2 atom stereocenters. The maximum Gasteiger partial charge on any atom is 0.420 e. The molecule has 2 aromatic carbocycles. The molecule has 1 aromatic heterocycles. The van der Waals surface area contributed by atoms with E-state index >= 15 is 0 Å². The van der Waals surface area contributed by atoms with E-state index in [1.807, 2.05) is 0 Å². The lowest BCUT2D eigenvalue weighted by Gasteiger charge is -2.28. The highest BCUT2D eigenvalue weighted by Gasteiger charge is 2.46. The van der Waals surface area contributed by atoms with E-state index in [1.165, 1.54) is 50.1 Å². The van der Waals surface area contributed by atoms with Crippen LogP contribution in [0.3, 0.4) is 0 Å². The SMILES string of the molecule is COc1ccc(Oc2ccc(CNC(=O)C3(NC(=O)Oc4cncnc4)CCC(O)C3)cc2)c(C(F)(F)F)c1. The van der Waals surface area contributed by atoms with E-state index in [4.69, 9.17) is 14.2 Å². The van der Waals surface area contributed by atoms with Gasteiger partial charge in [-0.1, -0.05) is 12.1 Å². The summed E-state index contributed by atoms with van der Waals surface area (Å²) >= 11 is 0. The van der Waals surface area contributed by atoms with Crippen LogP contribution in [0.2, 0.25) is 0 Å². The van der Waals surface area contributed by atoms with Crippen LogP contribution < -0.4 is 24.8 Å². The summed E-state index contributed by atoms with van der Waals surface area (Å²) < 4.78 is 55.8. The zero-order valence-electron chi connectivity index (χ0n) is 20.7. The Morgan fingerprint density at radius 1 is 1.08 bits per heavy atom. The second-order valence-corrected chi connectivity index (χ2v) is 8.86. The van der Waals surface area contributed by atoms with Gasteiger partial charge < -0.3 is 30.0 Å². The molecule has 0 aliphatic heterocycles. The second-order valence-electron chi connectivity index (χ2n) is 8.86. The molecule has 1 saturated carbocycles.